The van der Waals surface area contributed by atoms with E-state index in [2.05, 4.69) is 23.6 Å². The first-order valence-corrected chi connectivity index (χ1v) is 4.01. The number of anilines is 1. The van der Waals surface area contributed by atoms with Crippen LogP contribution in [-0.2, 0) is 0 Å². The maximum Gasteiger partial charge on any atom is 0.0360 e. The van der Waals surface area contributed by atoms with Gasteiger partial charge in [-0.1, -0.05) is 24.3 Å². The number of hydrogen-bond acceptors (Lipinski definition) is 1. The normalized spacial score (nSPS) is 7.92. The van der Waals surface area contributed by atoms with Crippen molar-refractivity contribution in [1.82, 2.24) is 0 Å². The highest BCUT2D eigenvalue weighted by molar-refractivity contribution is 5.43. The summed E-state index contributed by atoms with van der Waals surface area (Å²) in [6.07, 6.45) is 1.75. The third-order valence-corrected chi connectivity index (χ3v) is 1.27. The van der Waals surface area contributed by atoms with E-state index in [1.807, 2.05) is 39.2 Å². The Morgan fingerprint density at radius 2 is 1.58 bits per heavy atom. The zero-order chi connectivity index (χ0) is 9.40. The van der Waals surface area contributed by atoms with Crippen LogP contribution in [0.3, 0.4) is 0 Å². The monoisotopic (exact) mass is 163 g/mol. The zero-order valence-electron chi connectivity index (χ0n) is 8.12. The molecule has 0 saturated heterocycles. The summed E-state index contributed by atoms with van der Waals surface area (Å²) in [5, 5.41) is 0. The summed E-state index contributed by atoms with van der Waals surface area (Å²) in [5.74, 6) is 0. The van der Waals surface area contributed by atoms with Gasteiger partial charge in [0.05, 0.1) is 0 Å². The minimum atomic E-state index is 1.25. The molecule has 0 saturated carbocycles. The lowest BCUT2D eigenvalue weighted by atomic mass is 10.3. The second kappa shape index (κ2) is 6.47. The van der Waals surface area contributed by atoms with Crippen molar-refractivity contribution in [3.05, 3.63) is 43.0 Å². The van der Waals surface area contributed by atoms with Gasteiger partial charge in [0.15, 0.2) is 0 Å². The molecule has 0 bridgehead atoms. The summed E-state index contributed by atoms with van der Waals surface area (Å²) in [6, 6.07) is 10.3. The SMILES string of the molecule is C=CC.CN(C)c1ccccc1. The molecule has 1 nitrogen and oxygen atoms in total. The largest absolute Gasteiger partial charge is 0.378 e. The first kappa shape index (κ1) is 10.8. The van der Waals surface area contributed by atoms with Gasteiger partial charge in [0, 0.05) is 19.8 Å². The van der Waals surface area contributed by atoms with E-state index in [1.54, 1.807) is 6.08 Å². The minimum Gasteiger partial charge on any atom is -0.378 e. The lowest BCUT2D eigenvalue weighted by molar-refractivity contribution is 1.13. The molecule has 0 atom stereocenters. The van der Waals surface area contributed by atoms with Crippen LogP contribution in [0.25, 0.3) is 0 Å². The molecule has 1 rings (SSSR count). The highest BCUT2D eigenvalue weighted by Crippen LogP contribution is 2.07. The van der Waals surface area contributed by atoms with Gasteiger partial charge in [0.25, 0.3) is 0 Å². The molecule has 12 heavy (non-hydrogen) atoms. The minimum absolute atomic E-state index is 1.25. The number of hydrogen-bond donors (Lipinski definition) is 0. The molecule has 66 valence electrons. The molecule has 1 heteroatoms. The number of allylic oxidation sites excluding steroid dienone is 1. The maximum atomic E-state index is 3.36. The van der Waals surface area contributed by atoms with E-state index in [0.29, 0.717) is 0 Å². The number of rotatable bonds is 1. The van der Waals surface area contributed by atoms with Gasteiger partial charge in [-0.2, -0.15) is 0 Å². The molecule has 0 aliphatic heterocycles. The van der Waals surface area contributed by atoms with Gasteiger partial charge < -0.3 is 4.90 Å². The van der Waals surface area contributed by atoms with Crippen molar-refractivity contribution in [1.29, 1.82) is 0 Å². The predicted octanol–water partition coefficient (Wildman–Crippen LogP) is 2.94. The van der Waals surface area contributed by atoms with Crippen LogP contribution in [0.1, 0.15) is 6.92 Å². The Balaban J connectivity index is 0.000000354. The summed E-state index contributed by atoms with van der Waals surface area (Å²) in [4.78, 5) is 2.08. The van der Waals surface area contributed by atoms with Crippen molar-refractivity contribution in [2.75, 3.05) is 19.0 Å². The van der Waals surface area contributed by atoms with Crippen LogP contribution in [0.2, 0.25) is 0 Å². The van der Waals surface area contributed by atoms with Crippen LogP contribution in [0.15, 0.2) is 43.0 Å². The average Bonchev–Trinajstić information content (AvgIpc) is 2.07. The van der Waals surface area contributed by atoms with E-state index in [9.17, 15) is 0 Å². The van der Waals surface area contributed by atoms with Crippen molar-refractivity contribution >= 4 is 5.69 Å². The second-order valence-electron chi connectivity index (χ2n) is 2.64. The van der Waals surface area contributed by atoms with Crippen LogP contribution >= 0.6 is 0 Å². The highest BCUT2D eigenvalue weighted by Gasteiger charge is 1.87. The van der Waals surface area contributed by atoms with E-state index in [0.717, 1.165) is 0 Å². The molecular weight excluding hydrogens is 146 g/mol. The first-order valence-electron chi connectivity index (χ1n) is 4.01. The summed E-state index contributed by atoms with van der Waals surface area (Å²) in [6.45, 7) is 5.25. The van der Waals surface area contributed by atoms with Crippen molar-refractivity contribution in [3.8, 4) is 0 Å². The molecule has 0 fully saturated rings. The molecule has 0 aliphatic carbocycles. The summed E-state index contributed by atoms with van der Waals surface area (Å²) < 4.78 is 0. The third-order valence-electron chi connectivity index (χ3n) is 1.27. The topological polar surface area (TPSA) is 3.24 Å². The smallest absolute Gasteiger partial charge is 0.0360 e. The number of nitrogens with zero attached hydrogens (tertiary/aromatic N) is 1. The lowest BCUT2D eigenvalue weighted by Gasteiger charge is -2.10. The molecular formula is C11H17N. The quantitative estimate of drug-likeness (QED) is 0.575. The molecule has 0 unspecified atom stereocenters. The van der Waals surface area contributed by atoms with Crippen LogP contribution in [0, 0.1) is 0 Å². The average molecular weight is 163 g/mol. The van der Waals surface area contributed by atoms with Gasteiger partial charge in [0.2, 0.25) is 0 Å². The zero-order valence-corrected chi connectivity index (χ0v) is 8.12. The van der Waals surface area contributed by atoms with E-state index >= 15 is 0 Å². The number of benzene rings is 1. The molecule has 0 N–H and O–H groups in total. The Morgan fingerprint density at radius 1 is 1.17 bits per heavy atom. The summed E-state index contributed by atoms with van der Waals surface area (Å²) in [5.41, 5.74) is 1.25. The van der Waals surface area contributed by atoms with E-state index in [1.165, 1.54) is 5.69 Å². The van der Waals surface area contributed by atoms with E-state index in [-0.39, 0.29) is 0 Å². The molecule has 0 spiro atoms. The van der Waals surface area contributed by atoms with Crippen molar-refractivity contribution in [2.45, 2.75) is 6.92 Å². The summed E-state index contributed by atoms with van der Waals surface area (Å²) in [7, 11) is 4.07. The molecule has 0 amide bonds. The molecule has 0 heterocycles. The first-order chi connectivity index (χ1) is 5.72. The van der Waals surface area contributed by atoms with Gasteiger partial charge >= 0.3 is 0 Å². The standard InChI is InChI=1S/C8H11N.C3H6/c1-9(2)8-6-4-3-5-7-8;1-3-2/h3-7H,1-2H3;3H,1H2,2H3. The van der Waals surface area contributed by atoms with Gasteiger partial charge in [0.1, 0.15) is 0 Å². The van der Waals surface area contributed by atoms with Crippen molar-refractivity contribution < 1.29 is 0 Å². The fourth-order valence-electron chi connectivity index (χ4n) is 0.726. The second-order valence-corrected chi connectivity index (χ2v) is 2.64. The third kappa shape index (κ3) is 4.56. The Morgan fingerprint density at radius 3 is 1.83 bits per heavy atom. The number of para-hydroxylation sites is 1. The van der Waals surface area contributed by atoms with Gasteiger partial charge in [-0.05, 0) is 19.1 Å². The highest BCUT2D eigenvalue weighted by atomic mass is 15.1. The van der Waals surface area contributed by atoms with Crippen molar-refractivity contribution in [2.24, 2.45) is 0 Å². The molecule has 0 aliphatic rings. The van der Waals surface area contributed by atoms with E-state index < -0.39 is 0 Å². The fourth-order valence-corrected chi connectivity index (χ4v) is 0.726. The Hall–Kier alpha value is -1.24. The Labute approximate surface area is 75.3 Å². The molecule has 1 aromatic rings. The van der Waals surface area contributed by atoms with Crippen LogP contribution < -0.4 is 4.90 Å². The van der Waals surface area contributed by atoms with E-state index in [4.69, 9.17) is 0 Å². The molecule has 0 aromatic heterocycles. The lowest BCUT2D eigenvalue weighted by Crippen LogP contribution is -2.07. The Bertz CT molecular complexity index is 202. The van der Waals surface area contributed by atoms with Crippen LogP contribution in [-0.4, -0.2) is 14.1 Å². The van der Waals surface area contributed by atoms with Crippen molar-refractivity contribution in [3.63, 3.8) is 0 Å². The van der Waals surface area contributed by atoms with Gasteiger partial charge in [-0.25, -0.2) is 0 Å². The Kier molecular flexibility index (Phi) is 5.80. The van der Waals surface area contributed by atoms with Gasteiger partial charge in [-0.15, -0.1) is 6.58 Å². The summed E-state index contributed by atoms with van der Waals surface area (Å²) >= 11 is 0. The predicted molar refractivity (Wildman–Crippen MR) is 56.6 cm³/mol. The fraction of sp³-hybridized carbons (Fsp3) is 0.273. The maximum absolute atomic E-state index is 3.36. The van der Waals surface area contributed by atoms with Gasteiger partial charge in [-0.3, -0.25) is 0 Å². The van der Waals surface area contributed by atoms with Crippen LogP contribution in [0.5, 0.6) is 0 Å². The van der Waals surface area contributed by atoms with Crippen LogP contribution in [0.4, 0.5) is 5.69 Å². The molecule has 0 radical (unpaired) electrons. The molecule has 1 aromatic carbocycles.